The van der Waals surface area contributed by atoms with E-state index in [-0.39, 0.29) is 5.41 Å². The van der Waals surface area contributed by atoms with E-state index >= 15 is 0 Å². The third kappa shape index (κ3) is 2.95. The largest absolute Gasteiger partial charge is 0.379 e. The number of anilines is 1. The van der Waals surface area contributed by atoms with E-state index in [1.165, 1.54) is 16.9 Å². The number of aromatic nitrogens is 1. The van der Waals surface area contributed by atoms with E-state index in [0.717, 1.165) is 6.54 Å². The van der Waals surface area contributed by atoms with E-state index in [2.05, 4.69) is 80.3 Å². The molecule has 2 nitrogen and oxygen atoms in total. The molecular formula is C16H22N2. The van der Waals surface area contributed by atoms with Crippen LogP contribution in [-0.4, -0.2) is 4.57 Å². The molecule has 1 aromatic carbocycles. The van der Waals surface area contributed by atoms with Gasteiger partial charge in [-0.05, 0) is 35.2 Å². The number of rotatable bonds is 3. The summed E-state index contributed by atoms with van der Waals surface area (Å²) in [6.07, 6.45) is 2.07. The summed E-state index contributed by atoms with van der Waals surface area (Å²) in [5.41, 5.74) is 4.04. The van der Waals surface area contributed by atoms with E-state index in [9.17, 15) is 0 Å². The van der Waals surface area contributed by atoms with Crippen LogP contribution in [0.2, 0.25) is 0 Å². The van der Waals surface area contributed by atoms with E-state index in [1.807, 2.05) is 0 Å². The maximum Gasteiger partial charge on any atom is 0.0553 e. The van der Waals surface area contributed by atoms with Gasteiger partial charge in [0.05, 0.1) is 6.54 Å². The normalized spacial score (nSPS) is 11.6. The van der Waals surface area contributed by atoms with Gasteiger partial charge in [-0.25, -0.2) is 0 Å². The second-order valence-corrected chi connectivity index (χ2v) is 5.79. The highest BCUT2D eigenvalue weighted by Gasteiger charge is 2.12. The minimum absolute atomic E-state index is 0.219. The second kappa shape index (κ2) is 4.89. The molecule has 0 aliphatic heterocycles. The predicted molar refractivity (Wildman–Crippen MR) is 77.9 cm³/mol. The van der Waals surface area contributed by atoms with Crippen LogP contribution in [0.5, 0.6) is 0 Å². The van der Waals surface area contributed by atoms with Crippen molar-refractivity contribution in [2.45, 2.75) is 32.7 Å². The third-order valence-corrected chi connectivity index (χ3v) is 3.28. The van der Waals surface area contributed by atoms with Crippen molar-refractivity contribution in [3.05, 3.63) is 53.9 Å². The molecule has 0 aliphatic carbocycles. The third-order valence-electron chi connectivity index (χ3n) is 3.28. The fourth-order valence-corrected chi connectivity index (χ4v) is 1.96. The SMILES string of the molecule is Cn1cccc1CNc1ccc(C(C)(C)C)cc1. The Morgan fingerprint density at radius 2 is 1.72 bits per heavy atom. The van der Waals surface area contributed by atoms with Crippen LogP contribution in [0.3, 0.4) is 0 Å². The number of nitrogens with zero attached hydrogens (tertiary/aromatic N) is 1. The van der Waals surface area contributed by atoms with Crippen LogP contribution in [0.25, 0.3) is 0 Å². The first-order chi connectivity index (χ1) is 8.47. The topological polar surface area (TPSA) is 17.0 Å². The zero-order chi connectivity index (χ0) is 13.2. The first-order valence-corrected chi connectivity index (χ1v) is 6.41. The van der Waals surface area contributed by atoms with Crippen molar-refractivity contribution in [3.63, 3.8) is 0 Å². The molecule has 0 aliphatic rings. The average Bonchev–Trinajstić information content (AvgIpc) is 2.72. The smallest absolute Gasteiger partial charge is 0.0553 e. The molecule has 0 fully saturated rings. The van der Waals surface area contributed by atoms with Gasteiger partial charge in [-0.15, -0.1) is 0 Å². The van der Waals surface area contributed by atoms with E-state index in [0.29, 0.717) is 0 Å². The summed E-state index contributed by atoms with van der Waals surface area (Å²) in [7, 11) is 2.07. The van der Waals surface area contributed by atoms with Crippen molar-refractivity contribution in [3.8, 4) is 0 Å². The van der Waals surface area contributed by atoms with Gasteiger partial charge in [-0.3, -0.25) is 0 Å². The lowest BCUT2D eigenvalue weighted by Crippen LogP contribution is -2.11. The molecule has 0 unspecified atom stereocenters. The number of hydrogen-bond acceptors (Lipinski definition) is 1. The maximum absolute atomic E-state index is 3.45. The lowest BCUT2D eigenvalue weighted by Gasteiger charge is -2.19. The van der Waals surface area contributed by atoms with Crippen LogP contribution in [0, 0.1) is 0 Å². The molecule has 96 valence electrons. The molecule has 18 heavy (non-hydrogen) atoms. The van der Waals surface area contributed by atoms with Gasteiger partial charge in [0.15, 0.2) is 0 Å². The van der Waals surface area contributed by atoms with Gasteiger partial charge in [0.2, 0.25) is 0 Å². The summed E-state index contributed by atoms with van der Waals surface area (Å²) >= 11 is 0. The van der Waals surface area contributed by atoms with E-state index in [1.54, 1.807) is 0 Å². The van der Waals surface area contributed by atoms with Gasteiger partial charge in [-0.2, -0.15) is 0 Å². The Morgan fingerprint density at radius 1 is 1.06 bits per heavy atom. The quantitative estimate of drug-likeness (QED) is 0.862. The average molecular weight is 242 g/mol. The number of benzene rings is 1. The van der Waals surface area contributed by atoms with Gasteiger partial charge in [0.25, 0.3) is 0 Å². The summed E-state index contributed by atoms with van der Waals surface area (Å²) in [5.74, 6) is 0. The fraction of sp³-hybridized carbons (Fsp3) is 0.375. The standard InChI is InChI=1S/C16H22N2/c1-16(2,3)13-7-9-14(10-8-13)17-12-15-6-5-11-18(15)4/h5-11,17H,12H2,1-4H3. The molecule has 1 heterocycles. The van der Waals surface area contributed by atoms with E-state index < -0.39 is 0 Å². The maximum atomic E-state index is 3.45. The number of aryl methyl sites for hydroxylation is 1. The van der Waals surface area contributed by atoms with Crippen molar-refractivity contribution in [1.29, 1.82) is 0 Å². The Labute approximate surface area is 110 Å². The molecule has 2 heteroatoms. The molecule has 0 saturated carbocycles. The van der Waals surface area contributed by atoms with E-state index in [4.69, 9.17) is 0 Å². The lowest BCUT2D eigenvalue weighted by atomic mass is 9.87. The highest BCUT2D eigenvalue weighted by molar-refractivity contribution is 5.46. The Balaban J connectivity index is 2.01. The minimum atomic E-state index is 0.219. The summed E-state index contributed by atoms with van der Waals surface area (Å²) < 4.78 is 2.14. The highest BCUT2D eigenvalue weighted by atomic mass is 15.0. The summed E-state index contributed by atoms with van der Waals surface area (Å²) in [6, 6.07) is 12.9. The molecule has 2 rings (SSSR count). The zero-order valence-corrected chi connectivity index (χ0v) is 11.7. The summed E-state index contributed by atoms with van der Waals surface area (Å²) in [6.45, 7) is 7.57. The van der Waals surface area contributed by atoms with Gasteiger partial charge in [0.1, 0.15) is 0 Å². The van der Waals surface area contributed by atoms with Crippen LogP contribution in [0.1, 0.15) is 32.0 Å². The van der Waals surface area contributed by atoms with Gasteiger partial charge >= 0.3 is 0 Å². The molecule has 0 bridgehead atoms. The Morgan fingerprint density at radius 3 is 2.22 bits per heavy atom. The molecule has 2 aromatic rings. The van der Waals surface area contributed by atoms with Gasteiger partial charge in [-0.1, -0.05) is 32.9 Å². The Hall–Kier alpha value is -1.70. The van der Waals surface area contributed by atoms with Crippen LogP contribution < -0.4 is 5.32 Å². The van der Waals surface area contributed by atoms with Gasteiger partial charge in [0, 0.05) is 24.6 Å². The van der Waals surface area contributed by atoms with Gasteiger partial charge < -0.3 is 9.88 Å². The molecule has 0 spiro atoms. The summed E-state index contributed by atoms with van der Waals surface area (Å²) in [5, 5.41) is 3.45. The molecule has 1 aromatic heterocycles. The zero-order valence-electron chi connectivity index (χ0n) is 11.7. The first-order valence-electron chi connectivity index (χ1n) is 6.41. The van der Waals surface area contributed by atoms with Crippen LogP contribution in [0.4, 0.5) is 5.69 Å². The molecule has 0 amide bonds. The molecule has 0 saturated heterocycles. The van der Waals surface area contributed by atoms with Crippen molar-refractivity contribution in [2.24, 2.45) is 7.05 Å². The monoisotopic (exact) mass is 242 g/mol. The van der Waals surface area contributed by atoms with Crippen LogP contribution in [0.15, 0.2) is 42.6 Å². The summed E-state index contributed by atoms with van der Waals surface area (Å²) in [4.78, 5) is 0. The Bertz CT molecular complexity index is 501. The molecular weight excluding hydrogens is 220 g/mol. The van der Waals surface area contributed by atoms with Crippen molar-refractivity contribution in [1.82, 2.24) is 4.57 Å². The Kier molecular flexibility index (Phi) is 3.46. The minimum Gasteiger partial charge on any atom is -0.379 e. The van der Waals surface area contributed by atoms with Crippen molar-refractivity contribution < 1.29 is 0 Å². The second-order valence-electron chi connectivity index (χ2n) is 5.79. The van der Waals surface area contributed by atoms with Crippen LogP contribution in [-0.2, 0) is 19.0 Å². The lowest BCUT2D eigenvalue weighted by molar-refractivity contribution is 0.590. The molecule has 1 N–H and O–H groups in total. The van der Waals surface area contributed by atoms with Crippen molar-refractivity contribution in [2.75, 3.05) is 5.32 Å². The molecule has 0 radical (unpaired) electrons. The highest BCUT2D eigenvalue weighted by Crippen LogP contribution is 2.23. The van der Waals surface area contributed by atoms with Crippen LogP contribution >= 0.6 is 0 Å². The number of hydrogen-bond donors (Lipinski definition) is 1. The fourth-order valence-electron chi connectivity index (χ4n) is 1.96. The first kappa shape index (κ1) is 12.7. The predicted octanol–water partition coefficient (Wildman–Crippen LogP) is 3.93. The van der Waals surface area contributed by atoms with Crippen molar-refractivity contribution >= 4 is 5.69 Å². The number of nitrogens with one attached hydrogen (secondary N) is 1. The molecule has 0 atom stereocenters.